The van der Waals surface area contributed by atoms with Gasteiger partial charge in [-0.2, -0.15) is 0 Å². The molecule has 1 saturated heterocycles. The normalized spacial score (nSPS) is 23.8. The van der Waals surface area contributed by atoms with Crippen LogP contribution in [0.1, 0.15) is 45.4 Å². The second kappa shape index (κ2) is 5.97. The molecule has 76 valence electrons. The Hall–Kier alpha value is -0.570. The van der Waals surface area contributed by atoms with Gasteiger partial charge in [0.1, 0.15) is 6.23 Å². The van der Waals surface area contributed by atoms with Crippen LogP contribution in [0.2, 0.25) is 0 Å². The lowest BCUT2D eigenvalue weighted by Gasteiger charge is -2.16. The van der Waals surface area contributed by atoms with E-state index in [-0.39, 0.29) is 12.1 Å². The van der Waals surface area contributed by atoms with Crippen molar-refractivity contribution in [1.82, 2.24) is 5.32 Å². The van der Waals surface area contributed by atoms with Crippen LogP contribution < -0.4 is 5.32 Å². The Labute approximate surface area is 79.8 Å². The van der Waals surface area contributed by atoms with Gasteiger partial charge in [-0.1, -0.05) is 13.3 Å². The molecule has 0 aromatic heterocycles. The second-order valence-corrected chi connectivity index (χ2v) is 3.53. The van der Waals surface area contributed by atoms with Crippen LogP contribution in [0.3, 0.4) is 0 Å². The third-order valence-electron chi connectivity index (χ3n) is 2.26. The molecule has 0 bridgehead atoms. The van der Waals surface area contributed by atoms with Gasteiger partial charge >= 0.3 is 0 Å². The van der Waals surface area contributed by atoms with Crippen LogP contribution in [-0.2, 0) is 9.53 Å². The molecule has 1 atom stereocenters. The van der Waals surface area contributed by atoms with Gasteiger partial charge in [-0.05, 0) is 25.7 Å². The summed E-state index contributed by atoms with van der Waals surface area (Å²) in [6, 6.07) is 0. The lowest BCUT2D eigenvalue weighted by Crippen LogP contribution is -2.35. The van der Waals surface area contributed by atoms with Gasteiger partial charge in [0, 0.05) is 13.0 Å². The molecule has 1 heterocycles. The largest absolute Gasteiger partial charge is 0.359 e. The van der Waals surface area contributed by atoms with Gasteiger partial charge in [0.2, 0.25) is 5.91 Å². The number of carbonyl (C=O) groups is 1. The van der Waals surface area contributed by atoms with Crippen molar-refractivity contribution in [3.05, 3.63) is 0 Å². The molecule has 1 amide bonds. The summed E-state index contributed by atoms with van der Waals surface area (Å²) < 4.78 is 5.54. The molecule has 0 saturated carbocycles. The number of ether oxygens (including phenoxy) is 1. The number of nitrogens with one attached hydrogen (secondary N) is 1. The topological polar surface area (TPSA) is 38.3 Å². The number of rotatable bonds is 4. The molecule has 1 N–H and O–H groups in total. The summed E-state index contributed by atoms with van der Waals surface area (Å²) in [5.41, 5.74) is 0. The van der Waals surface area contributed by atoms with Gasteiger partial charge in [-0.25, -0.2) is 0 Å². The standard InChI is InChI=1S/C10H19NO2/c1-2-3-8-13-10-7-5-4-6-9(12)11-10/h10H,2-8H2,1H3,(H,11,12). The Kier molecular flexibility index (Phi) is 4.83. The van der Waals surface area contributed by atoms with Crippen molar-refractivity contribution >= 4 is 5.91 Å². The first kappa shape index (κ1) is 10.5. The van der Waals surface area contributed by atoms with E-state index in [2.05, 4.69) is 12.2 Å². The van der Waals surface area contributed by atoms with E-state index in [9.17, 15) is 4.79 Å². The lowest BCUT2D eigenvalue weighted by atomic mass is 10.2. The summed E-state index contributed by atoms with van der Waals surface area (Å²) in [7, 11) is 0. The molecule has 0 aromatic rings. The zero-order chi connectivity index (χ0) is 9.52. The molecule has 13 heavy (non-hydrogen) atoms. The first-order valence-corrected chi connectivity index (χ1v) is 5.24. The van der Waals surface area contributed by atoms with E-state index in [0.29, 0.717) is 6.42 Å². The summed E-state index contributed by atoms with van der Waals surface area (Å²) >= 11 is 0. The monoisotopic (exact) mass is 185 g/mol. The minimum absolute atomic E-state index is 0.0263. The minimum atomic E-state index is -0.0263. The third kappa shape index (κ3) is 4.27. The quantitative estimate of drug-likeness (QED) is 0.678. The SMILES string of the molecule is CCCCOC1CCCCC(=O)N1. The maximum absolute atomic E-state index is 11.1. The van der Waals surface area contributed by atoms with Crippen molar-refractivity contribution in [3.63, 3.8) is 0 Å². The number of amides is 1. The van der Waals surface area contributed by atoms with E-state index < -0.39 is 0 Å². The van der Waals surface area contributed by atoms with Crippen molar-refractivity contribution < 1.29 is 9.53 Å². The summed E-state index contributed by atoms with van der Waals surface area (Å²) in [4.78, 5) is 11.1. The van der Waals surface area contributed by atoms with Crippen molar-refractivity contribution in [2.75, 3.05) is 6.61 Å². The molecule has 0 radical (unpaired) electrons. The maximum Gasteiger partial charge on any atom is 0.221 e. The fourth-order valence-corrected chi connectivity index (χ4v) is 1.43. The van der Waals surface area contributed by atoms with Crippen LogP contribution in [0.4, 0.5) is 0 Å². The highest BCUT2D eigenvalue weighted by Crippen LogP contribution is 2.10. The maximum atomic E-state index is 11.1. The third-order valence-corrected chi connectivity index (χ3v) is 2.26. The van der Waals surface area contributed by atoms with E-state index in [1.807, 2.05) is 0 Å². The first-order chi connectivity index (χ1) is 6.33. The summed E-state index contributed by atoms with van der Waals surface area (Å²) in [6.07, 6.45) is 5.91. The number of hydrogen-bond donors (Lipinski definition) is 1. The van der Waals surface area contributed by atoms with Gasteiger partial charge in [0.05, 0.1) is 0 Å². The highest BCUT2D eigenvalue weighted by atomic mass is 16.5. The van der Waals surface area contributed by atoms with Crippen molar-refractivity contribution in [3.8, 4) is 0 Å². The van der Waals surface area contributed by atoms with Gasteiger partial charge in [-0.3, -0.25) is 4.79 Å². The molecule has 3 nitrogen and oxygen atoms in total. The van der Waals surface area contributed by atoms with Gasteiger partial charge in [0.15, 0.2) is 0 Å². The Morgan fingerprint density at radius 2 is 2.38 bits per heavy atom. The average molecular weight is 185 g/mol. The van der Waals surface area contributed by atoms with E-state index in [1.54, 1.807) is 0 Å². The van der Waals surface area contributed by atoms with E-state index >= 15 is 0 Å². The molecular formula is C10H19NO2. The summed E-state index contributed by atoms with van der Waals surface area (Å²) in [5, 5.41) is 2.88. The lowest BCUT2D eigenvalue weighted by molar-refractivity contribution is -0.124. The smallest absolute Gasteiger partial charge is 0.221 e. The minimum Gasteiger partial charge on any atom is -0.359 e. The molecule has 1 unspecified atom stereocenters. The zero-order valence-corrected chi connectivity index (χ0v) is 8.34. The van der Waals surface area contributed by atoms with Crippen LogP contribution in [0.15, 0.2) is 0 Å². The van der Waals surface area contributed by atoms with Gasteiger partial charge in [0.25, 0.3) is 0 Å². The second-order valence-electron chi connectivity index (χ2n) is 3.53. The Balaban J connectivity index is 2.19. The highest BCUT2D eigenvalue weighted by molar-refractivity contribution is 5.76. The molecule has 1 rings (SSSR count). The highest BCUT2D eigenvalue weighted by Gasteiger charge is 2.15. The molecule has 0 aromatic carbocycles. The number of carbonyl (C=O) groups excluding carboxylic acids is 1. The Bertz CT molecular complexity index is 159. The van der Waals surface area contributed by atoms with Gasteiger partial charge in [-0.15, -0.1) is 0 Å². The number of hydrogen-bond acceptors (Lipinski definition) is 2. The molecule has 0 aliphatic carbocycles. The summed E-state index contributed by atoms with van der Waals surface area (Å²) in [6.45, 7) is 2.90. The van der Waals surface area contributed by atoms with Crippen molar-refractivity contribution in [2.24, 2.45) is 0 Å². The van der Waals surface area contributed by atoms with Gasteiger partial charge < -0.3 is 10.1 Å². The Morgan fingerprint density at radius 3 is 3.15 bits per heavy atom. The van der Waals surface area contributed by atoms with Crippen LogP contribution in [0, 0.1) is 0 Å². The van der Waals surface area contributed by atoms with E-state index in [0.717, 1.165) is 38.7 Å². The molecule has 1 aliphatic rings. The van der Waals surface area contributed by atoms with E-state index in [4.69, 9.17) is 4.74 Å². The molecular weight excluding hydrogens is 166 g/mol. The summed E-state index contributed by atoms with van der Waals surface area (Å²) in [5.74, 6) is 0.138. The van der Waals surface area contributed by atoms with Crippen LogP contribution in [0.25, 0.3) is 0 Å². The fraction of sp³-hybridized carbons (Fsp3) is 0.900. The van der Waals surface area contributed by atoms with Crippen LogP contribution in [0.5, 0.6) is 0 Å². The van der Waals surface area contributed by atoms with E-state index in [1.165, 1.54) is 0 Å². The fourth-order valence-electron chi connectivity index (χ4n) is 1.43. The predicted octanol–water partition coefficient (Wildman–Crippen LogP) is 1.82. The molecule has 1 aliphatic heterocycles. The Morgan fingerprint density at radius 1 is 1.54 bits per heavy atom. The van der Waals surface area contributed by atoms with Crippen molar-refractivity contribution in [1.29, 1.82) is 0 Å². The molecule has 1 fully saturated rings. The van der Waals surface area contributed by atoms with Crippen LogP contribution >= 0.6 is 0 Å². The number of unbranched alkanes of at least 4 members (excludes halogenated alkanes) is 1. The van der Waals surface area contributed by atoms with Crippen molar-refractivity contribution in [2.45, 2.75) is 51.7 Å². The first-order valence-electron chi connectivity index (χ1n) is 5.24. The molecule has 0 spiro atoms. The van der Waals surface area contributed by atoms with Crippen LogP contribution in [-0.4, -0.2) is 18.7 Å². The average Bonchev–Trinajstić information content (AvgIpc) is 2.31. The predicted molar refractivity (Wildman–Crippen MR) is 51.3 cm³/mol. The zero-order valence-electron chi connectivity index (χ0n) is 8.34. The molecule has 3 heteroatoms.